The number of rotatable bonds is 5. The van der Waals surface area contributed by atoms with E-state index >= 15 is 0 Å². The van der Waals surface area contributed by atoms with Crippen LogP contribution >= 0.6 is 0 Å². The van der Waals surface area contributed by atoms with Crippen molar-refractivity contribution in [2.24, 2.45) is 0 Å². The Kier molecular flexibility index (Phi) is 4.79. The highest BCUT2D eigenvalue weighted by atomic mass is 16.5. The van der Waals surface area contributed by atoms with Gasteiger partial charge >= 0.3 is 0 Å². The van der Waals surface area contributed by atoms with Gasteiger partial charge in [-0.2, -0.15) is 5.26 Å². The highest BCUT2D eigenvalue weighted by Crippen LogP contribution is 2.17. The molecule has 0 saturated heterocycles. The summed E-state index contributed by atoms with van der Waals surface area (Å²) in [5.74, 6) is 0.750. The first kappa shape index (κ1) is 14.1. The summed E-state index contributed by atoms with van der Waals surface area (Å²) >= 11 is 0. The fourth-order valence-corrected chi connectivity index (χ4v) is 2.18. The second-order valence-electron chi connectivity index (χ2n) is 4.95. The van der Waals surface area contributed by atoms with Crippen molar-refractivity contribution < 1.29 is 4.74 Å². The molecular formula is C18H19NO. The van der Waals surface area contributed by atoms with Crippen LogP contribution in [0.2, 0.25) is 0 Å². The molecule has 20 heavy (non-hydrogen) atoms. The van der Waals surface area contributed by atoms with E-state index in [9.17, 15) is 5.26 Å². The van der Waals surface area contributed by atoms with Crippen LogP contribution in [0.15, 0.2) is 48.5 Å². The minimum Gasteiger partial charge on any atom is -0.476 e. The SMILES string of the molecule is Cc1cccc(CCC(C#N)Oc2ccccc2)c1C. The molecule has 2 rings (SSSR count). The summed E-state index contributed by atoms with van der Waals surface area (Å²) < 4.78 is 5.69. The van der Waals surface area contributed by atoms with E-state index in [-0.39, 0.29) is 0 Å². The largest absolute Gasteiger partial charge is 0.476 e. The topological polar surface area (TPSA) is 33.0 Å². The molecular weight excluding hydrogens is 246 g/mol. The van der Waals surface area contributed by atoms with Gasteiger partial charge in [-0.05, 0) is 49.1 Å². The molecule has 102 valence electrons. The van der Waals surface area contributed by atoms with Crippen molar-refractivity contribution in [3.05, 3.63) is 65.2 Å². The first-order valence-corrected chi connectivity index (χ1v) is 6.87. The summed E-state index contributed by atoms with van der Waals surface area (Å²) in [4.78, 5) is 0. The van der Waals surface area contributed by atoms with E-state index < -0.39 is 6.10 Å². The molecule has 1 unspecified atom stereocenters. The van der Waals surface area contributed by atoms with E-state index in [1.54, 1.807) is 0 Å². The lowest BCUT2D eigenvalue weighted by atomic mass is 9.98. The Morgan fingerprint density at radius 2 is 1.80 bits per heavy atom. The van der Waals surface area contributed by atoms with Crippen LogP contribution in [0.25, 0.3) is 0 Å². The van der Waals surface area contributed by atoms with Crippen LogP contribution in [0.5, 0.6) is 5.75 Å². The van der Waals surface area contributed by atoms with Crippen molar-refractivity contribution in [2.75, 3.05) is 0 Å². The molecule has 0 aliphatic heterocycles. The van der Waals surface area contributed by atoms with Crippen LogP contribution < -0.4 is 4.74 Å². The normalized spacial score (nSPS) is 11.7. The Morgan fingerprint density at radius 1 is 1.05 bits per heavy atom. The van der Waals surface area contributed by atoms with Crippen molar-refractivity contribution >= 4 is 0 Å². The summed E-state index contributed by atoms with van der Waals surface area (Å²) in [6, 6.07) is 18.0. The van der Waals surface area contributed by atoms with Crippen molar-refractivity contribution in [1.82, 2.24) is 0 Å². The van der Waals surface area contributed by atoms with Crippen LogP contribution in [-0.2, 0) is 6.42 Å². The van der Waals surface area contributed by atoms with Gasteiger partial charge in [-0.15, -0.1) is 0 Å². The van der Waals surface area contributed by atoms with Gasteiger partial charge < -0.3 is 4.74 Å². The minimum atomic E-state index is -0.405. The number of para-hydroxylation sites is 1. The zero-order valence-corrected chi connectivity index (χ0v) is 12.0. The first-order chi connectivity index (χ1) is 9.70. The zero-order valence-electron chi connectivity index (χ0n) is 12.0. The first-order valence-electron chi connectivity index (χ1n) is 6.87. The predicted molar refractivity (Wildman–Crippen MR) is 80.7 cm³/mol. The summed E-state index contributed by atoms with van der Waals surface area (Å²) in [6.45, 7) is 4.24. The number of hydrogen-bond donors (Lipinski definition) is 0. The summed E-state index contributed by atoms with van der Waals surface area (Å²) in [6.07, 6.45) is 1.16. The van der Waals surface area contributed by atoms with Gasteiger partial charge in [0.05, 0.1) is 0 Å². The maximum absolute atomic E-state index is 9.21. The predicted octanol–water partition coefficient (Wildman–Crippen LogP) is 4.21. The smallest absolute Gasteiger partial charge is 0.184 e. The number of nitrogens with zero attached hydrogens (tertiary/aromatic N) is 1. The van der Waals surface area contributed by atoms with Crippen molar-refractivity contribution in [1.29, 1.82) is 5.26 Å². The van der Waals surface area contributed by atoms with Gasteiger partial charge in [0.15, 0.2) is 6.10 Å². The monoisotopic (exact) mass is 265 g/mol. The number of ether oxygens (including phenoxy) is 1. The van der Waals surface area contributed by atoms with Crippen LogP contribution in [0, 0.1) is 25.2 Å². The average Bonchev–Trinajstić information content (AvgIpc) is 2.48. The van der Waals surface area contributed by atoms with Crippen molar-refractivity contribution in [2.45, 2.75) is 32.8 Å². The molecule has 0 aliphatic carbocycles. The lowest BCUT2D eigenvalue weighted by molar-refractivity contribution is 0.245. The fraction of sp³-hybridized carbons (Fsp3) is 0.278. The fourth-order valence-electron chi connectivity index (χ4n) is 2.18. The number of hydrogen-bond acceptors (Lipinski definition) is 2. The Bertz CT molecular complexity index is 599. The number of nitriles is 1. The van der Waals surface area contributed by atoms with E-state index in [2.05, 4.69) is 38.1 Å². The molecule has 0 radical (unpaired) electrons. The second-order valence-corrected chi connectivity index (χ2v) is 4.95. The molecule has 0 saturated carbocycles. The molecule has 1 atom stereocenters. The molecule has 0 aliphatic rings. The standard InChI is InChI=1S/C18H19NO/c1-14-7-6-8-16(15(14)2)11-12-18(13-19)20-17-9-4-3-5-10-17/h3-10,18H,11-12H2,1-2H3. The van der Waals surface area contributed by atoms with E-state index in [1.807, 2.05) is 30.3 Å². The van der Waals surface area contributed by atoms with Gasteiger partial charge in [-0.25, -0.2) is 0 Å². The summed E-state index contributed by atoms with van der Waals surface area (Å²) in [7, 11) is 0. The Balaban J connectivity index is 1.98. The van der Waals surface area contributed by atoms with Gasteiger partial charge in [-0.3, -0.25) is 0 Å². The number of aryl methyl sites for hydroxylation is 2. The summed E-state index contributed by atoms with van der Waals surface area (Å²) in [5, 5.41) is 9.21. The summed E-state index contributed by atoms with van der Waals surface area (Å²) in [5.41, 5.74) is 3.89. The third-order valence-corrected chi connectivity index (χ3v) is 3.56. The van der Waals surface area contributed by atoms with Crippen LogP contribution in [0.3, 0.4) is 0 Å². The lowest BCUT2D eigenvalue weighted by Gasteiger charge is -2.14. The van der Waals surface area contributed by atoms with Crippen LogP contribution in [-0.4, -0.2) is 6.10 Å². The highest BCUT2D eigenvalue weighted by molar-refractivity contribution is 5.33. The molecule has 2 heteroatoms. The number of benzene rings is 2. The molecule has 0 amide bonds. The minimum absolute atomic E-state index is 0.405. The zero-order chi connectivity index (χ0) is 14.4. The van der Waals surface area contributed by atoms with Gasteiger partial charge in [-0.1, -0.05) is 36.4 Å². The molecule has 2 nitrogen and oxygen atoms in total. The molecule has 0 spiro atoms. The molecule has 2 aromatic carbocycles. The molecule has 2 aromatic rings. The molecule has 0 heterocycles. The third-order valence-electron chi connectivity index (χ3n) is 3.56. The molecule has 0 bridgehead atoms. The van der Waals surface area contributed by atoms with Gasteiger partial charge in [0.2, 0.25) is 0 Å². The molecule has 0 fully saturated rings. The Hall–Kier alpha value is -2.27. The van der Waals surface area contributed by atoms with E-state index in [4.69, 9.17) is 4.74 Å². The van der Waals surface area contributed by atoms with Gasteiger partial charge in [0.25, 0.3) is 0 Å². The van der Waals surface area contributed by atoms with Gasteiger partial charge in [0.1, 0.15) is 11.8 Å². The highest BCUT2D eigenvalue weighted by Gasteiger charge is 2.10. The van der Waals surface area contributed by atoms with Crippen LogP contribution in [0.4, 0.5) is 0 Å². The van der Waals surface area contributed by atoms with Crippen molar-refractivity contribution in [3.8, 4) is 11.8 Å². The lowest BCUT2D eigenvalue weighted by Crippen LogP contribution is -2.15. The quantitative estimate of drug-likeness (QED) is 0.811. The van der Waals surface area contributed by atoms with E-state index in [0.717, 1.165) is 12.2 Å². The van der Waals surface area contributed by atoms with Crippen molar-refractivity contribution in [3.63, 3.8) is 0 Å². The third kappa shape index (κ3) is 3.61. The van der Waals surface area contributed by atoms with E-state index in [1.165, 1.54) is 16.7 Å². The van der Waals surface area contributed by atoms with Crippen LogP contribution in [0.1, 0.15) is 23.1 Å². The second kappa shape index (κ2) is 6.77. The average molecular weight is 265 g/mol. The van der Waals surface area contributed by atoms with Gasteiger partial charge in [0, 0.05) is 6.42 Å². The molecule has 0 N–H and O–H groups in total. The molecule has 0 aromatic heterocycles. The Labute approximate surface area is 120 Å². The van der Waals surface area contributed by atoms with E-state index in [0.29, 0.717) is 6.42 Å². The maximum Gasteiger partial charge on any atom is 0.184 e. The Morgan fingerprint density at radius 3 is 2.50 bits per heavy atom. The maximum atomic E-state index is 9.21.